The minimum atomic E-state index is -4.30. The highest BCUT2D eigenvalue weighted by molar-refractivity contribution is 6.31. The molecule has 1 N–H and O–H groups in total. The van der Waals surface area contributed by atoms with Gasteiger partial charge in [0.25, 0.3) is 0 Å². The minimum absolute atomic E-state index is 0.0323. The summed E-state index contributed by atoms with van der Waals surface area (Å²) in [6, 6.07) is 6.74. The van der Waals surface area contributed by atoms with E-state index in [9.17, 15) is 18.0 Å². The molecule has 0 amide bonds. The predicted octanol–water partition coefficient (Wildman–Crippen LogP) is 2.60. The van der Waals surface area contributed by atoms with Crippen LogP contribution in [0.5, 0.6) is 0 Å². The van der Waals surface area contributed by atoms with Gasteiger partial charge in [-0.25, -0.2) is 0 Å². The zero-order valence-electron chi connectivity index (χ0n) is 8.85. The van der Waals surface area contributed by atoms with Crippen LogP contribution in [0.1, 0.15) is 5.56 Å². The molecular weight excluding hydrogens is 255 g/mol. The molecule has 0 atom stereocenters. The van der Waals surface area contributed by atoms with Gasteiger partial charge in [0.2, 0.25) is 0 Å². The molecule has 6 heteroatoms. The standard InChI is InChI=1S/C11H11ClF3NO/c12-10-4-2-1-3-8(10)5-9(17)6-16-7-11(13,14)15/h1-4,16H,5-7H2. The van der Waals surface area contributed by atoms with E-state index in [0.717, 1.165) is 0 Å². The minimum Gasteiger partial charge on any atom is -0.302 e. The van der Waals surface area contributed by atoms with E-state index in [-0.39, 0.29) is 18.7 Å². The number of hydrogen-bond donors (Lipinski definition) is 1. The second kappa shape index (κ2) is 6.02. The van der Waals surface area contributed by atoms with Crippen LogP contribution >= 0.6 is 11.6 Å². The summed E-state index contributed by atoms with van der Waals surface area (Å²) in [5.41, 5.74) is 0.618. The van der Waals surface area contributed by atoms with Crippen LogP contribution < -0.4 is 5.32 Å². The summed E-state index contributed by atoms with van der Waals surface area (Å²) >= 11 is 5.82. The van der Waals surface area contributed by atoms with Crippen molar-refractivity contribution in [2.45, 2.75) is 12.6 Å². The number of hydrogen-bond acceptors (Lipinski definition) is 2. The van der Waals surface area contributed by atoms with Crippen molar-refractivity contribution in [1.29, 1.82) is 0 Å². The van der Waals surface area contributed by atoms with Crippen molar-refractivity contribution in [1.82, 2.24) is 5.32 Å². The van der Waals surface area contributed by atoms with Crippen LogP contribution in [0.25, 0.3) is 0 Å². The molecule has 2 nitrogen and oxygen atoms in total. The number of nitrogens with one attached hydrogen (secondary N) is 1. The maximum absolute atomic E-state index is 11.8. The number of alkyl halides is 3. The van der Waals surface area contributed by atoms with Crippen molar-refractivity contribution in [2.24, 2.45) is 0 Å². The van der Waals surface area contributed by atoms with Gasteiger partial charge in [-0.2, -0.15) is 13.2 Å². The number of carbonyl (C=O) groups is 1. The summed E-state index contributed by atoms with van der Waals surface area (Å²) in [5.74, 6) is -0.331. The van der Waals surface area contributed by atoms with E-state index in [4.69, 9.17) is 11.6 Å². The average molecular weight is 266 g/mol. The van der Waals surface area contributed by atoms with Crippen molar-refractivity contribution in [3.8, 4) is 0 Å². The highest BCUT2D eigenvalue weighted by Crippen LogP contribution is 2.15. The van der Waals surface area contributed by atoms with Gasteiger partial charge in [0.05, 0.1) is 13.1 Å². The smallest absolute Gasteiger partial charge is 0.302 e. The largest absolute Gasteiger partial charge is 0.401 e. The SMILES string of the molecule is O=C(CNCC(F)(F)F)Cc1ccccc1Cl. The van der Waals surface area contributed by atoms with Crippen LogP contribution in [0, 0.1) is 0 Å². The summed E-state index contributed by atoms with van der Waals surface area (Å²) < 4.78 is 35.4. The number of benzene rings is 1. The van der Waals surface area contributed by atoms with Gasteiger partial charge in [-0.05, 0) is 11.6 Å². The van der Waals surface area contributed by atoms with Gasteiger partial charge >= 0.3 is 6.18 Å². The summed E-state index contributed by atoms with van der Waals surface area (Å²) in [4.78, 5) is 11.4. The Bertz CT molecular complexity index is 393. The molecule has 0 spiro atoms. The van der Waals surface area contributed by atoms with Crippen LogP contribution in [0.4, 0.5) is 13.2 Å². The van der Waals surface area contributed by atoms with Crippen molar-refractivity contribution in [2.75, 3.05) is 13.1 Å². The highest BCUT2D eigenvalue weighted by Gasteiger charge is 2.26. The van der Waals surface area contributed by atoms with Crippen LogP contribution in [-0.4, -0.2) is 25.0 Å². The molecule has 0 heterocycles. The third kappa shape index (κ3) is 5.70. The van der Waals surface area contributed by atoms with E-state index in [0.29, 0.717) is 10.6 Å². The number of rotatable bonds is 5. The molecule has 1 rings (SSSR count). The van der Waals surface area contributed by atoms with Gasteiger partial charge < -0.3 is 5.32 Å². The fourth-order valence-corrected chi connectivity index (χ4v) is 1.46. The van der Waals surface area contributed by atoms with Crippen LogP contribution in [0.3, 0.4) is 0 Å². The second-order valence-corrected chi connectivity index (χ2v) is 3.93. The van der Waals surface area contributed by atoms with Crippen molar-refractivity contribution < 1.29 is 18.0 Å². The van der Waals surface area contributed by atoms with Gasteiger partial charge in [-0.15, -0.1) is 0 Å². The number of Topliss-reactive ketones (excluding diaryl/α,β-unsaturated/α-hetero) is 1. The van der Waals surface area contributed by atoms with E-state index >= 15 is 0 Å². The maximum atomic E-state index is 11.8. The molecule has 1 aromatic rings. The maximum Gasteiger partial charge on any atom is 0.401 e. The molecule has 17 heavy (non-hydrogen) atoms. The lowest BCUT2D eigenvalue weighted by Gasteiger charge is -2.08. The molecule has 0 aliphatic heterocycles. The van der Waals surface area contributed by atoms with E-state index in [1.165, 1.54) is 0 Å². The first-order chi connectivity index (χ1) is 7.88. The molecule has 0 bridgehead atoms. The zero-order valence-corrected chi connectivity index (χ0v) is 9.61. The Balaban J connectivity index is 2.38. The number of halogens is 4. The van der Waals surface area contributed by atoms with Crippen molar-refractivity contribution >= 4 is 17.4 Å². The first kappa shape index (κ1) is 14.0. The fraction of sp³-hybridized carbons (Fsp3) is 0.364. The Labute approximate surface area is 102 Å². The number of carbonyl (C=O) groups excluding carboxylic acids is 1. The van der Waals surface area contributed by atoms with Gasteiger partial charge in [0, 0.05) is 11.4 Å². The van der Waals surface area contributed by atoms with Crippen molar-refractivity contribution in [3.63, 3.8) is 0 Å². The highest BCUT2D eigenvalue weighted by atomic mass is 35.5. The molecule has 1 aromatic carbocycles. The lowest BCUT2D eigenvalue weighted by atomic mass is 10.1. The van der Waals surface area contributed by atoms with E-state index < -0.39 is 12.7 Å². The van der Waals surface area contributed by atoms with Crippen molar-refractivity contribution in [3.05, 3.63) is 34.9 Å². The zero-order chi connectivity index (χ0) is 12.9. The van der Waals surface area contributed by atoms with E-state index in [1.54, 1.807) is 24.3 Å². The molecule has 0 unspecified atom stereocenters. The molecule has 0 radical (unpaired) electrons. The quantitative estimate of drug-likeness (QED) is 0.887. The first-order valence-corrected chi connectivity index (χ1v) is 5.29. The molecule has 0 aliphatic rings. The normalized spacial score (nSPS) is 11.5. The average Bonchev–Trinajstić information content (AvgIpc) is 2.19. The van der Waals surface area contributed by atoms with Crippen LogP contribution in [0.2, 0.25) is 5.02 Å². The number of ketones is 1. The molecule has 0 saturated carbocycles. The fourth-order valence-electron chi connectivity index (χ4n) is 1.26. The van der Waals surface area contributed by atoms with E-state index in [1.807, 2.05) is 5.32 Å². The monoisotopic (exact) mass is 265 g/mol. The second-order valence-electron chi connectivity index (χ2n) is 3.53. The Kier molecular flexibility index (Phi) is 4.96. The van der Waals surface area contributed by atoms with Gasteiger partial charge in [-0.1, -0.05) is 29.8 Å². The first-order valence-electron chi connectivity index (χ1n) is 4.91. The third-order valence-electron chi connectivity index (χ3n) is 1.99. The molecule has 0 aromatic heterocycles. The summed E-state index contributed by atoms with van der Waals surface area (Å²) in [5, 5.41) is 2.49. The van der Waals surface area contributed by atoms with Crippen LogP contribution in [0.15, 0.2) is 24.3 Å². The topological polar surface area (TPSA) is 29.1 Å². The summed E-state index contributed by atoms with van der Waals surface area (Å²) in [6.07, 6.45) is -4.27. The lowest BCUT2D eigenvalue weighted by Crippen LogP contribution is -2.33. The predicted molar refractivity (Wildman–Crippen MR) is 59.1 cm³/mol. The Morgan fingerprint density at radius 3 is 2.53 bits per heavy atom. The lowest BCUT2D eigenvalue weighted by molar-refractivity contribution is -0.127. The summed E-state index contributed by atoms with van der Waals surface area (Å²) in [6.45, 7) is -1.48. The van der Waals surface area contributed by atoms with E-state index in [2.05, 4.69) is 0 Å². The molecular formula is C11H11ClF3NO. The Morgan fingerprint density at radius 2 is 1.94 bits per heavy atom. The third-order valence-corrected chi connectivity index (χ3v) is 2.36. The Hall–Kier alpha value is -1.07. The summed E-state index contributed by atoms with van der Waals surface area (Å²) in [7, 11) is 0. The van der Waals surface area contributed by atoms with Gasteiger partial charge in [0.15, 0.2) is 5.78 Å². The molecule has 0 saturated heterocycles. The Morgan fingerprint density at radius 1 is 1.29 bits per heavy atom. The van der Waals surface area contributed by atoms with Crippen LogP contribution in [-0.2, 0) is 11.2 Å². The van der Waals surface area contributed by atoms with Gasteiger partial charge in [-0.3, -0.25) is 4.79 Å². The molecule has 0 fully saturated rings. The molecule has 94 valence electrons. The van der Waals surface area contributed by atoms with Gasteiger partial charge in [0.1, 0.15) is 0 Å². The molecule has 0 aliphatic carbocycles.